The predicted molar refractivity (Wildman–Crippen MR) is 130 cm³/mol. The molecule has 0 spiro atoms. The van der Waals surface area contributed by atoms with E-state index in [4.69, 9.17) is 4.74 Å². The van der Waals surface area contributed by atoms with Crippen LogP contribution in [0.2, 0.25) is 0 Å². The van der Waals surface area contributed by atoms with Gasteiger partial charge in [0, 0.05) is 11.1 Å². The van der Waals surface area contributed by atoms with Gasteiger partial charge in [-0.25, -0.2) is 4.39 Å². The Morgan fingerprint density at radius 2 is 1.60 bits per heavy atom. The molecule has 4 rings (SSSR count). The van der Waals surface area contributed by atoms with E-state index in [9.17, 15) is 18.8 Å². The van der Waals surface area contributed by atoms with Crippen molar-refractivity contribution >= 4 is 17.9 Å². The first-order valence-corrected chi connectivity index (χ1v) is 10.9. The van der Waals surface area contributed by atoms with Gasteiger partial charge in [-0.15, -0.1) is 0 Å². The second kappa shape index (κ2) is 10.1. The van der Waals surface area contributed by atoms with Gasteiger partial charge >= 0.3 is 0 Å². The number of nitrogens with one attached hydrogen (secondary N) is 2. The quantitative estimate of drug-likeness (QED) is 0.420. The lowest BCUT2D eigenvalue weighted by Crippen LogP contribution is -2.46. The first kappa shape index (κ1) is 23.6. The van der Waals surface area contributed by atoms with Crippen LogP contribution in [0.4, 0.5) is 4.39 Å². The fraction of sp³-hybridized carbons (Fsp3) is 0.111. The molecular weight excluding hydrogens is 449 g/mol. The molecule has 2 N–H and O–H groups in total. The molecule has 2 aromatic heterocycles. The highest BCUT2D eigenvalue weighted by molar-refractivity contribution is 6.09. The van der Waals surface area contributed by atoms with Gasteiger partial charge in [-0.3, -0.25) is 19.4 Å². The number of ether oxygens (including phenoxy) is 1. The Bertz CT molecular complexity index is 1600. The molecule has 0 saturated heterocycles. The van der Waals surface area contributed by atoms with Gasteiger partial charge in [-0.1, -0.05) is 18.2 Å². The van der Waals surface area contributed by atoms with Gasteiger partial charge in [0.2, 0.25) is 0 Å². The number of nitrogens with zero attached hydrogens (tertiary/aromatic N) is 1. The third kappa shape index (κ3) is 5.86. The van der Waals surface area contributed by atoms with E-state index in [0.717, 1.165) is 0 Å². The number of hydrogen-bond donors (Lipinski definition) is 2. The van der Waals surface area contributed by atoms with Crippen molar-refractivity contribution in [2.45, 2.75) is 20.0 Å². The third-order valence-corrected chi connectivity index (χ3v) is 4.98. The second-order valence-electron chi connectivity index (χ2n) is 8.07. The van der Waals surface area contributed by atoms with E-state index >= 15 is 0 Å². The van der Waals surface area contributed by atoms with Crippen LogP contribution in [0.1, 0.15) is 41.0 Å². The standard InChI is InChI=1S/C27H22FN3O4/c1-16(2)35-22-11-10-21(29-15-22)14-24-27(34)30-23(26(33)31-24)13-17-4-3-5-19(12-17)25(32)18-6-8-20(28)9-7-18/h3-16H,1-2H3,(H,30,34)(H,31,33). The minimum absolute atomic E-state index is 0.0105. The number of carbonyl (C=O) groups is 1. The molecule has 0 atom stereocenters. The molecule has 0 fully saturated rings. The number of aromatic nitrogens is 3. The molecule has 7 nitrogen and oxygen atoms in total. The van der Waals surface area contributed by atoms with Crippen LogP contribution in [-0.2, 0) is 0 Å². The Balaban J connectivity index is 1.65. The van der Waals surface area contributed by atoms with Crippen molar-refractivity contribution in [2.24, 2.45) is 0 Å². The number of benzene rings is 2. The van der Waals surface area contributed by atoms with Crippen molar-refractivity contribution in [3.05, 3.63) is 126 Å². The van der Waals surface area contributed by atoms with E-state index in [-0.39, 0.29) is 22.6 Å². The molecule has 0 unspecified atom stereocenters. The van der Waals surface area contributed by atoms with Crippen LogP contribution in [-0.4, -0.2) is 26.8 Å². The maximum atomic E-state index is 13.1. The zero-order chi connectivity index (χ0) is 24.9. The first-order valence-electron chi connectivity index (χ1n) is 10.9. The van der Waals surface area contributed by atoms with Gasteiger partial charge in [-0.05, 0) is 74.0 Å². The number of ketones is 1. The molecule has 2 aromatic carbocycles. The Morgan fingerprint density at radius 3 is 2.23 bits per heavy atom. The summed E-state index contributed by atoms with van der Waals surface area (Å²) in [7, 11) is 0. The largest absolute Gasteiger partial charge is 0.489 e. The zero-order valence-electron chi connectivity index (χ0n) is 19.0. The fourth-order valence-electron chi connectivity index (χ4n) is 3.37. The molecule has 4 aromatic rings. The van der Waals surface area contributed by atoms with E-state index in [0.29, 0.717) is 28.1 Å². The van der Waals surface area contributed by atoms with Crippen LogP contribution in [0.25, 0.3) is 12.2 Å². The minimum atomic E-state index is -0.508. The van der Waals surface area contributed by atoms with E-state index in [1.54, 1.807) is 42.6 Å². The molecule has 0 amide bonds. The second-order valence-corrected chi connectivity index (χ2v) is 8.07. The van der Waals surface area contributed by atoms with Crippen molar-refractivity contribution < 1.29 is 13.9 Å². The van der Waals surface area contributed by atoms with Gasteiger partial charge in [0.1, 0.15) is 22.3 Å². The topological polar surface area (TPSA) is 105 Å². The van der Waals surface area contributed by atoms with Crippen molar-refractivity contribution in [1.29, 1.82) is 0 Å². The maximum Gasteiger partial charge on any atom is 0.272 e. The highest BCUT2D eigenvalue weighted by Crippen LogP contribution is 2.13. The van der Waals surface area contributed by atoms with Gasteiger partial charge in [0.25, 0.3) is 11.1 Å². The smallest absolute Gasteiger partial charge is 0.272 e. The molecular formula is C27H22FN3O4. The van der Waals surface area contributed by atoms with E-state index in [1.807, 2.05) is 13.8 Å². The lowest BCUT2D eigenvalue weighted by atomic mass is 10.0. The van der Waals surface area contributed by atoms with Crippen LogP contribution >= 0.6 is 0 Å². The Morgan fingerprint density at radius 1 is 0.914 bits per heavy atom. The SMILES string of the molecule is CC(C)Oc1ccc(C=c2[nH]c(=O)c(=Cc3cccc(C(=O)c4ccc(F)cc4)c3)[nH]c2=O)nc1. The van der Waals surface area contributed by atoms with E-state index in [1.165, 1.54) is 36.4 Å². The monoisotopic (exact) mass is 471 g/mol. The van der Waals surface area contributed by atoms with Gasteiger partial charge in [0.05, 0.1) is 18.0 Å². The minimum Gasteiger partial charge on any atom is -0.489 e. The summed E-state index contributed by atoms with van der Waals surface area (Å²) in [5.41, 5.74) is 0.714. The summed E-state index contributed by atoms with van der Waals surface area (Å²) in [5, 5.41) is 0.0876. The summed E-state index contributed by atoms with van der Waals surface area (Å²) in [6, 6.07) is 15.2. The fourth-order valence-corrected chi connectivity index (χ4v) is 3.37. The number of carbonyl (C=O) groups excluding carboxylic acids is 1. The average molecular weight is 471 g/mol. The molecule has 2 heterocycles. The van der Waals surface area contributed by atoms with Gasteiger partial charge in [0.15, 0.2) is 5.78 Å². The van der Waals surface area contributed by atoms with E-state index in [2.05, 4.69) is 15.0 Å². The lowest BCUT2D eigenvalue weighted by molar-refractivity contribution is 0.103. The molecule has 0 saturated carbocycles. The average Bonchev–Trinajstić information content (AvgIpc) is 2.83. The number of H-pyrrole nitrogens is 2. The van der Waals surface area contributed by atoms with Gasteiger partial charge < -0.3 is 14.7 Å². The third-order valence-electron chi connectivity index (χ3n) is 4.98. The molecule has 8 heteroatoms. The van der Waals surface area contributed by atoms with Crippen LogP contribution < -0.4 is 26.6 Å². The number of rotatable bonds is 6. The highest BCUT2D eigenvalue weighted by atomic mass is 19.1. The summed E-state index contributed by atoms with van der Waals surface area (Å²) < 4.78 is 18.7. The Labute approximate surface area is 199 Å². The molecule has 0 aliphatic heterocycles. The van der Waals surface area contributed by atoms with E-state index < -0.39 is 16.9 Å². The maximum absolute atomic E-state index is 13.1. The lowest BCUT2D eigenvalue weighted by Gasteiger charge is -2.08. The molecule has 176 valence electrons. The van der Waals surface area contributed by atoms with Crippen LogP contribution in [0.3, 0.4) is 0 Å². The summed E-state index contributed by atoms with van der Waals surface area (Å²) in [4.78, 5) is 47.3. The molecule has 0 aliphatic carbocycles. The number of halogens is 1. The van der Waals surface area contributed by atoms with Crippen LogP contribution in [0.15, 0.2) is 76.4 Å². The summed E-state index contributed by atoms with van der Waals surface area (Å²) in [6.45, 7) is 3.81. The van der Waals surface area contributed by atoms with Crippen LogP contribution in [0, 0.1) is 5.82 Å². The number of aromatic amines is 2. The first-order chi connectivity index (χ1) is 16.8. The summed E-state index contributed by atoms with van der Waals surface area (Å²) in [5.74, 6) is -0.116. The summed E-state index contributed by atoms with van der Waals surface area (Å²) >= 11 is 0. The summed E-state index contributed by atoms with van der Waals surface area (Å²) in [6.07, 6.45) is 4.49. The number of hydrogen-bond acceptors (Lipinski definition) is 5. The van der Waals surface area contributed by atoms with Crippen molar-refractivity contribution in [2.75, 3.05) is 0 Å². The Hall–Kier alpha value is -4.59. The molecule has 0 aliphatic rings. The molecule has 0 bridgehead atoms. The zero-order valence-corrected chi connectivity index (χ0v) is 19.0. The molecule has 35 heavy (non-hydrogen) atoms. The van der Waals surface area contributed by atoms with Gasteiger partial charge in [-0.2, -0.15) is 0 Å². The predicted octanol–water partition coefficient (Wildman–Crippen LogP) is 2.27. The Kier molecular flexibility index (Phi) is 6.82. The van der Waals surface area contributed by atoms with Crippen LogP contribution in [0.5, 0.6) is 5.75 Å². The van der Waals surface area contributed by atoms with Crippen molar-refractivity contribution in [3.63, 3.8) is 0 Å². The van der Waals surface area contributed by atoms with Crippen molar-refractivity contribution in [1.82, 2.24) is 15.0 Å². The van der Waals surface area contributed by atoms with Crippen molar-refractivity contribution in [3.8, 4) is 5.75 Å². The normalized spacial score (nSPS) is 12.2. The number of pyridine rings is 1. The highest BCUT2D eigenvalue weighted by Gasteiger charge is 2.09. The molecule has 0 radical (unpaired) electrons.